The highest BCUT2D eigenvalue weighted by Gasteiger charge is 2.33. The van der Waals surface area contributed by atoms with E-state index in [9.17, 15) is 0 Å². The van der Waals surface area contributed by atoms with Crippen LogP contribution in [0.1, 0.15) is 48.5 Å². The maximum atomic E-state index is 5.28. The van der Waals surface area contributed by atoms with Gasteiger partial charge in [-0.1, -0.05) is 0 Å². The van der Waals surface area contributed by atoms with Crippen LogP contribution in [-0.4, -0.2) is 58.9 Å². The van der Waals surface area contributed by atoms with Gasteiger partial charge in [-0.25, -0.2) is 0 Å². The second-order valence-electron chi connectivity index (χ2n) is 3.89. The van der Waals surface area contributed by atoms with E-state index >= 15 is 0 Å². The Hall–Kier alpha value is -0.280. The summed E-state index contributed by atoms with van der Waals surface area (Å²) in [6.07, 6.45) is -1.30. The third-order valence-corrected chi connectivity index (χ3v) is 2.19. The van der Waals surface area contributed by atoms with E-state index in [4.69, 9.17) is 33.2 Å². The molecule has 7 heteroatoms. The van der Waals surface area contributed by atoms with Crippen LogP contribution in [0.4, 0.5) is 0 Å². The minimum atomic E-state index is -1.30. The van der Waals surface area contributed by atoms with Crippen LogP contribution >= 0.6 is 0 Å². The van der Waals surface area contributed by atoms with Crippen molar-refractivity contribution in [2.45, 2.75) is 61.1 Å². The van der Waals surface area contributed by atoms with E-state index in [2.05, 4.69) is 0 Å². The van der Waals surface area contributed by atoms with Gasteiger partial charge in [0.2, 0.25) is 0 Å². The molecule has 7 nitrogen and oxygen atoms in total. The van der Waals surface area contributed by atoms with Gasteiger partial charge >= 0.3 is 6.16 Å². The van der Waals surface area contributed by atoms with Gasteiger partial charge in [0.1, 0.15) is 0 Å². The molecule has 0 N–H and O–H groups in total. The van der Waals surface area contributed by atoms with Gasteiger partial charge < -0.3 is 33.2 Å². The summed E-state index contributed by atoms with van der Waals surface area (Å²) in [5.74, 6) is 0. The monoisotopic (exact) mass is 340 g/mol. The molecule has 0 aliphatic carbocycles. The lowest BCUT2D eigenvalue weighted by Crippen LogP contribution is -2.42. The molecule has 0 aliphatic heterocycles. The fourth-order valence-corrected chi connectivity index (χ4v) is 1.51. The van der Waals surface area contributed by atoms with Crippen LogP contribution in [0.2, 0.25) is 0 Å². The van der Waals surface area contributed by atoms with Crippen molar-refractivity contribution in [2.24, 2.45) is 0 Å². The smallest absolute Gasteiger partial charge is 0.330 e. The highest BCUT2D eigenvalue weighted by atomic mass is 17.0. The van der Waals surface area contributed by atoms with Crippen LogP contribution < -0.4 is 0 Å². The molecule has 0 amide bonds. The molecule has 0 aromatic heterocycles. The van der Waals surface area contributed by atoms with Gasteiger partial charge in [0.15, 0.2) is 0 Å². The van der Waals surface area contributed by atoms with Gasteiger partial charge in [-0.15, -0.1) is 0 Å². The Labute approximate surface area is 141 Å². The zero-order chi connectivity index (χ0) is 18.0. The van der Waals surface area contributed by atoms with Crippen molar-refractivity contribution in [1.82, 2.24) is 0 Å². The molecule has 0 radical (unpaired) electrons. The van der Waals surface area contributed by atoms with E-state index < -0.39 is 12.6 Å². The number of rotatable bonds is 14. The molecule has 0 atom stereocenters. The molecule has 0 aliphatic rings. The van der Waals surface area contributed by atoms with Crippen molar-refractivity contribution in [3.05, 3.63) is 0 Å². The van der Waals surface area contributed by atoms with Crippen molar-refractivity contribution >= 4 is 0 Å². The fraction of sp³-hybridized carbons (Fsp3) is 1.00. The lowest BCUT2D eigenvalue weighted by Gasteiger charge is -2.30. The Morgan fingerprint density at radius 3 is 0.913 bits per heavy atom. The Morgan fingerprint density at radius 1 is 0.478 bits per heavy atom. The van der Waals surface area contributed by atoms with E-state index in [1.165, 1.54) is 0 Å². The van der Waals surface area contributed by atoms with E-state index in [0.29, 0.717) is 46.2 Å². The molecule has 23 heavy (non-hydrogen) atoms. The van der Waals surface area contributed by atoms with Gasteiger partial charge in [0.05, 0.1) is 26.4 Å². The number of ether oxygens (including phenoxy) is 7. The van der Waals surface area contributed by atoms with Crippen molar-refractivity contribution < 1.29 is 33.2 Å². The topological polar surface area (TPSA) is 64.6 Å². The summed E-state index contributed by atoms with van der Waals surface area (Å²) in [5.41, 5.74) is 0. The van der Waals surface area contributed by atoms with Gasteiger partial charge in [-0.3, -0.25) is 0 Å². The molecular weight excluding hydrogens is 304 g/mol. The Kier molecular flexibility index (Phi) is 19.6. The number of hydrogen-bond acceptors (Lipinski definition) is 7. The predicted octanol–water partition coefficient (Wildman–Crippen LogP) is 3.12. The molecule has 0 aromatic rings. The molecule has 0 rings (SSSR count). The maximum Gasteiger partial charge on any atom is 0.412 e. The second-order valence-corrected chi connectivity index (χ2v) is 3.89. The third-order valence-electron chi connectivity index (χ3n) is 2.19. The lowest BCUT2D eigenvalue weighted by molar-refractivity contribution is -0.495. The first-order valence-electron chi connectivity index (χ1n) is 8.49. The first-order chi connectivity index (χ1) is 11.1. The number of hydrogen-bond donors (Lipinski definition) is 0. The Balaban J connectivity index is 0. The third kappa shape index (κ3) is 13.8. The SMILES string of the molecule is CCOC(OCC)(OCC)OCC.CCOC(OCC)OCC. The molecule has 0 aromatic carbocycles. The molecule has 142 valence electrons. The van der Waals surface area contributed by atoms with E-state index in [1.807, 2.05) is 48.5 Å². The summed E-state index contributed by atoms with van der Waals surface area (Å²) in [5, 5.41) is 0. The summed E-state index contributed by atoms with van der Waals surface area (Å²) in [4.78, 5) is 0. The zero-order valence-electron chi connectivity index (χ0n) is 15.9. The van der Waals surface area contributed by atoms with Crippen molar-refractivity contribution in [1.29, 1.82) is 0 Å². The van der Waals surface area contributed by atoms with Gasteiger partial charge in [0.25, 0.3) is 6.48 Å². The van der Waals surface area contributed by atoms with Crippen LogP contribution in [-0.2, 0) is 33.2 Å². The second kappa shape index (κ2) is 18.1. The summed E-state index contributed by atoms with van der Waals surface area (Å²) in [6.45, 7) is 16.5. The fourth-order valence-electron chi connectivity index (χ4n) is 1.51. The Bertz CT molecular complexity index is 183. The van der Waals surface area contributed by atoms with Gasteiger partial charge in [-0.2, -0.15) is 0 Å². The molecule has 0 spiro atoms. The van der Waals surface area contributed by atoms with E-state index in [0.717, 1.165) is 0 Å². The molecule has 0 saturated carbocycles. The normalized spacial score (nSPS) is 11.5. The minimum Gasteiger partial charge on any atom is -0.330 e. The molecular formula is C16H36O7. The van der Waals surface area contributed by atoms with Crippen molar-refractivity contribution in [3.63, 3.8) is 0 Å². The minimum absolute atomic E-state index is 0.472. The molecule has 0 saturated heterocycles. The van der Waals surface area contributed by atoms with Crippen LogP contribution in [0, 0.1) is 0 Å². The molecule has 0 bridgehead atoms. The summed E-state index contributed by atoms with van der Waals surface area (Å²) in [6, 6.07) is 0. The summed E-state index contributed by atoms with van der Waals surface area (Å²) in [7, 11) is 0. The van der Waals surface area contributed by atoms with Crippen LogP contribution in [0.15, 0.2) is 0 Å². The van der Waals surface area contributed by atoms with Crippen LogP contribution in [0.25, 0.3) is 0 Å². The van der Waals surface area contributed by atoms with E-state index in [1.54, 1.807) is 0 Å². The van der Waals surface area contributed by atoms with Crippen LogP contribution in [0.3, 0.4) is 0 Å². The van der Waals surface area contributed by atoms with Crippen molar-refractivity contribution in [2.75, 3.05) is 46.2 Å². The highest BCUT2D eigenvalue weighted by Crippen LogP contribution is 2.17. The quantitative estimate of drug-likeness (QED) is 0.450. The first kappa shape index (κ1) is 25.0. The molecule has 0 heterocycles. The van der Waals surface area contributed by atoms with E-state index in [-0.39, 0.29) is 0 Å². The standard InChI is InChI=1S/C9H20O4.C7H16O3/c1-5-10-9(11-6-2,12-7-3)13-8-4;1-4-8-7(9-5-2)10-6-3/h5-8H2,1-4H3;7H,4-6H2,1-3H3. The Morgan fingerprint density at radius 2 is 0.739 bits per heavy atom. The average Bonchev–Trinajstić information content (AvgIpc) is 2.50. The lowest BCUT2D eigenvalue weighted by atomic mass is 10.7. The predicted molar refractivity (Wildman–Crippen MR) is 87.9 cm³/mol. The molecule has 0 fully saturated rings. The first-order valence-corrected chi connectivity index (χ1v) is 8.49. The largest absolute Gasteiger partial charge is 0.412 e. The van der Waals surface area contributed by atoms with Gasteiger partial charge in [-0.05, 0) is 48.5 Å². The summed E-state index contributed by atoms with van der Waals surface area (Å²) >= 11 is 0. The maximum absolute atomic E-state index is 5.28. The molecule has 0 unspecified atom stereocenters. The zero-order valence-corrected chi connectivity index (χ0v) is 15.9. The van der Waals surface area contributed by atoms with Crippen LogP contribution in [0.5, 0.6) is 0 Å². The van der Waals surface area contributed by atoms with Crippen molar-refractivity contribution in [3.8, 4) is 0 Å². The van der Waals surface area contributed by atoms with Gasteiger partial charge in [0, 0.05) is 19.8 Å². The summed E-state index contributed by atoms with van der Waals surface area (Å²) < 4.78 is 36.4. The highest BCUT2D eigenvalue weighted by molar-refractivity contribution is 4.40. The average molecular weight is 340 g/mol.